The summed E-state index contributed by atoms with van der Waals surface area (Å²) in [6.45, 7) is 0.312. The number of cyclic esters (lactones) is 2. The fourth-order valence-electron chi connectivity index (χ4n) is 3.11. The predicted molar refractivity (Wildman–Crippen MR) is 93.6 cm³/mol. The number of hydrogen-bond donors (Lipinski definition) is 0. The predicted octanol–water partition coefficient (Wildman–Crippen LogP) is 4.62. The Labute approximate surface area is 164 Å². The van der Waals surface area contributed by atoms with Gasteiger partial charge in [-0.1, -0.05) is 31.9 Å². The summed E-state index contributed by atoms with van der Waals surface area (Å²) in [5, 5.41) is 0. The first-order valence-corrected chi connectivity index (χ1v) is 9.24. The second-order valence-electron chi connectivity index (χ2n) is 5.78. The minimum absolute atomic E-state index is 0.156. The first kappa shape index (κ1) is 16.1. The van der Waals surface area contributed by atoms with Crippen LogP contribution in [0.3, 0.4) is 0 Å². The lowest BCUT2D eigenvalue weighted by molar-refractivity contribution is 0.115. The lowest BCUT2D eigenvalue weighted by atomic mass is 9.97. The van der Waals surface area contributed by atoms with E-state index in [2.05, 4.69) is 31.9 Å². The third-order valence-corrected chi connectivity index (χ3v) is 5.69. The van der Waals surface area contributed by atoms with Crippen LogP contribution in [0, 0.1) is 0 Å². The van der Waals surface area contributed by atoms with Crippen LogP contribution >= 0.6 is 31.9 Å². The van der Waals surface area contributed by atoms with Crippen LogP contribution in [0.15, 0.2) is 33.2 Å². The van der Waals surface area contributed by atoms with Gasteiger partial charge in [0.15, 0.2) is 35.2 Å². The number of carbonyl (C=O) groups is 1. The molecule has 0 aromatic heterocycles. The molecule has 26 heavy (non-hydrogen) atoms. The average molecular weight is 486 g/mol. The van der Waals surface area contributed by atoms with E-state index < -0.39 is 18.4 Å². The maximum atomic E-state index is 11.9. The third kappa shape index (κ3) is 2.49. The zero-order valence-electron chi connectivity index (χ0n) is 13.0. The lowest BCUT2D eigenvalue weighted by Gasteiger charge is -2.19. The van der Waals surface area contributed by atoms with Crippen molar-refractivity contribution in [3.8, 4) is 23.0 Å². The molecular formula is C17H10Br2O7. The smallest absolute Gasteiger partial charge is 0.454 e. The van der Waals surface area contributed by atoms with Crippen molar-refractivity contribution in [1.82, 2.24) is 0 Å². The number of rotatable bonds is 2. The zero-order valence-corrected chi connectivity index (χ0v) is 16.2. The Morgan fingerprint density at radius 2 is 1.08 bits per heavy atom. The van der Waals surface area contributed by atoms with Crippen LogP contribution in [0.25, 0.3) is 0 Å². The largest absolute Gasteiger partial charge is 0.509 e. The molecule has 0 aliphatic carbocycles. The molecule has 0 N–H and O–H groups in total. The Bertz CT molecular complexity index is 856. The molecule has 0 radical (unpaired) electrons. The van der Waals surface area contributed by atoms with Gasteiger partial charge >= 0.3 is 6.16 Å². The number of halogens is 2. The summed E-state index contributed by atoms with van der Waals surface area (Å²) in [5.74, 6) is 2.45. The van der Waals surface area contributed by atoms with Gasteiger partial charge in [-0.2, -0.15) is 0 Å². The topological polar surface area (TPSA) is 72.5 Å². The van der Waals surface area contributed by atoms with Gasteiger partial charge in [0.2, 0.25) is 13.6 Å². The highest BCUT2D eigenvalue weighted by atomic mass is 79.9. The standard InChI is InChI=1S/C17H10Br2O7/c18-9-3-13-11(21-5-23-13)1-7(9)15-16(26-17(20)25-15)8-2-12-14(4-10(8)19)24-6-22-12/h1-4,15-16H,5-6H2/t15-,16?/m1/s1. The Hall–Kier alpha value is -2.13. The normalized spacial score (nSPS) is 22.3. The van der Waals surface area contributed by atoms with Gasteiger partial charge in [-0.3, -0.25) is 0 Å². The fourth-order valence-corrected chi connectivity index (χ4v) is 4.21. The van der Waals surface area contributed by atoms with Crippen molar-refractivity contribution >= 4 is 38.0 Å². The SMILES string of the molecule is O=C1OC(c2cc3c(cc2Br)OCO3)[C@@H](c2cc3c(cc2Br)OCO3)O1. The van der Waals surface area contributed by atoms with E-state index in [0.29, 0.717) is 23.0 Å². The van der Waals surface area contributed by atoms with E-state index in [-0.39, 0.29) is 13.6 Å². The molecule has 9 heteroatoms. The molecule has 0 amide bonds. The molecule has 1 fully saturated rings. The second-order valence-corrected chi connectivity index (χ2v) is 7.49. The molecule has 0 saturated carbocycles. The van der Waals surface area contributed by atoms with E-state index in [4.69, 9.17) is 28.4 Å². The van der Waals surface area contributed by atoms with Gasteiger partial charge in [-0.15, -0.1) is 0 Å². The van der Waals surface area contributed by atoms with Gasteiger partial charge in [0.05, 0.1) is 0 Å². The summed E-state index contributed by atoms with van der Waals surface area (Å²) in [4.78, 5) is 11.9. The van der Waals surface area contributed by atoms with Crippen molar-refractivity contribution in [2.24, 2.45) is 0 Å². The highest BCUT2D eigenvalue weighted by Crippen LogP contribution is 2.50. The van der Waals surface area contributed by atoms with E-state index in [0.717, 1.165) is 20.1 Å². The van der Waals surface area contributed by atoms with Crippen LogP contribution in [0.2, 0.25) is 0 Å². The molecule has 2 aromatic rings. The highest BCUT2D eigenvalue weighted by molar-refractivity contribution is 9.10. The van der Waals surface area contributed by atoms with Crippen LogP contribution in [0.5, 0.6) is 23.0 Å². The summed E-state index contributed by atoms with van der Waals surface area (Å²) in [6, 6.07) is 7.14. The van der Waals surface area contributed by atoms with Gasteiger partial charge in [-0.05, 0) is 24.3 Å². The summed E-state index contributed by atoms with van der Waals surface area (Å²) in [5.41, 5.74) is 1.43. The number of benzene rings is 2. The molecule has 3 aliphatic rings. The Kier molecular flexibility index (Phi) is 3.68. The lowest BCUT2D eigenvalue weighted by Crippen LogP contribution is -2.09. The molecule has 0 bridgehead atoms. The van der Waals surface area contributed by atoms with Gasteiger partial charge < -0.3 is 28.4 Å². The number of carbonyl (C=O) groups excluding carboxylic acids is 1. The van der Waals surface area contributed by atoms with E-state index in [1.54, 1.807) is 24.3 Å². The molecule has 5 rings (SSSR count). The summed E-state index contributed by atoms with van der Waals surface area (Å²) < 4.78 is 34.0. The zero-order chi connectivity index (χ0) is 17.8. The van der Waals surface area contributed by atoms with Crippen LogP contribution < -0.4 is 18.9 Å². The first-order chi connectivity index (χ1) is 12.6. The van der Waals surface area contributed by atoms with Crippen LogP contribution in [0.1, 0.15) is 23.3 Å². The average Bonchev–Trinajstić information content (AvgIpc) is 3.32. The number of hydrogen-bond acceptors (Lipinski definition) is 7. The quantitative estimate of drug-likeness (QED) is 0.574. The molecule has 0 spiro atoms. The van der Waals surface area contributed by atoms with Crippen LogP contribution in [0.4, 0.5) is 4.79 Å². The summed E-state index contributed by atoms with van der Waals surface area (Å²) in [6.07, 6.45) is -2.07. The van der Waals surface area contributed by atoms with E-state index >= 15 is 0 Å². The van der Waals surface area contributed by atoms with E-state index in [1.165, 1.54) is 0 Å². The third-order valence-electron chi connectivity index (χ3n) is 4.32. The molecular weight excluding hydrogens is 476 g/mol. The molecule has 1 saturated heterocycles. The Morgan fingerprint density at radius 3 is 1.50 bits per heavy atom. The maximum absolute atomic E-state index is 11.9. The molecule has 134 valence electrons. The first-order valence-electron chi connectivity index (χ1n) is 7.65. The second kappa shape index (κ2) is 5.95. The van der Waals surface area contributed by atoms with Crippen molar-refractivity contribution in [3.63, 3.8) is 0 Å². The Morgan fingerprint density at radius 1 is 0.692 bits per heavy atom. The van der Waals surface area contributed by atoms with Crippen molar-refractivity contribution < 1.29 is 33.2 Å². The van der Waals surface area contributed by atoms with Crippen LogP contribution in [-0.2, 0) is 9.47 Å². The molecule has 2 atom stereocenters. The van der Waals surface area contributed by atoms with Gasteiger partial charge in [0, 0.05) is 20.1 Å². The molecule has 2 aromatic carbocycles. The van der Waals surface area contributed by atoms with Crippen molar-refractivity contribution in [3.05, 3.63) is 44.3 Å². The monoisotopic (exact) mass is 484 g/mol. The summed E-state index contributed by atoms with van der Waals surface area (Å²) >= 11 is 7.02. The van der Waals surface area contributed by atoms with Gasteiger partial charge in [0.25, 0.3) is 0 Å². The molecule has 1 unspecified atom stereocenters. The van der Waals surface area contributed by atoms with Gasteiger partial charge in [0.1, 0.15) is 0 Å². The van der Waals surface area contributed by atoms with Crippen molar-refractivity contribution in [2.45, 2.75) is 12.2 Å². The van der Waals surface area contributed by atoms with Gasteiger partial charge in [-0.25, -0.2) is 4.79 Å². The summed E-state index contributed by atoms with van der Waals surface area (Å²) in [7, 11) is 0. The maximum Gasteiger partial charge on any atom is 0.509 e. The minimum Gasteiger partial charge on any atom is -0.454 e. The number of ether oxygens (including phenoxy) is 6. The van der Waals surface area contributed by atoms with E-state index in [9.17, 15) is 4.79 Å². The highest BCUT2D eigenvalue weighted by Gasteiger charge is 2.42. The van der Waals surface area contributed by atoms with Crippen LogP contribution in [-0.4, -0.2) is 19.7 Å². The number of fused-ring (bicyclic) bond motifs is 2. The van der Waals surface area contributed by atoms with Crippen molar-refractivity contribution in [1.29, 1.82) is 0 Å². The fraction of sp³-hybridized carbons (Fsp3) is 0.235. The minimum atomic E-state index is -0.742. The molecule has 3 heterocycles. The van der Waals surface area contributed by atoms with Crippen molar-refractivity contribution in [2.75, 3.05) is 13.6 Å². The molecule has 3 aliphatic heterocycles. The molecule has 7 nitrogen and oxygen atoms in total. The Balaban J connectivity index is 1.58. The van der Waals surface area contributed by atoms with E-state index in [1.807, 2.05) is 0 Å².